The molecular weight excluding hydrogens is 317 g/mol. The van der Waals surface area contributed by atoms with Crippen LogP contribution in [0.4, 0.5) is 0 Å². The summed E-state index contributed by atoms with van der Waals surface area (Å²) >= 11 is 1.61. The second-order valence-corrected chi connectivity index (χ2v) is 4.26. The minimum absolute atomic E-state index is 0. The van der Waals surface area contributed by atoms with Crippen LogP contribution in [-0.4, -0.2) is 33.0 Å². The molecule has 0 aliphatic carbocycles. The van der Waals surface area contributed by atoms with Crippen molar-refractivity contribution >= 4 is 47.6 Å². The largest absolute Gasteiger partial charge is 0.477 e. The van der Waals surface area contributed by atoms with Crippen LogP contribution in [0.3, 0.4) is 0 Å². The summed E-state index contributed by atoms with van der Waals surface area (Å²) in [4.78, 5) is 23.4. The van der Waals surface area contributed by atoms with Crippen molar-refractivity contribution in [2.45, 2.75) is 12.3 Å². The van der Waals surface area contributed by atoms with Crippen molar-refractivity contribution in [1.29, 1.82) is 0 Å². The van der Waals surface area contributed by atoms with E-state index in [1.807, 2.05) is 6.92 Å². The Labute approximate surface area is 103 Å². The maximum Gasteiger partial charge on any atom is 0.352 e. The zero-order valence-corrected chi connectivity index (χ0v) is 10.6. The number of nitrogens with zero attached hydrogens (tertiary/aromatic N) is 1. The number of carbonyl (C=O) groups is 2. The number of carboxylic acids is 1. The Morgan fingerprint density at radius 1 is 1.71 bits per heavy atom. The number of carbonyl (C=O) groups excluding carboxylic acids is 1. The molecule has 1 saturated heterocycles. The van der Waals surface area contributed by atoms with Crippen molar-refractivity contribution < 1.29 is 14.7 Å². The highest BCUT2D eigenvalue weighted by Gasteiger charge is 2.49. The Morgan fingerprint density at radius 2 is 2.36 bits per heavy atom. The minimum Gasteiger partial charge on any atom is -0.477 e. The van der Waals surface area contributed by atoms with E-state index >= 15 is 0 Å². The van der Waals surface area contributed by atoms with Crippen LogP contribution in [0, 0.1) is 5.92 Å². The van der Waals surface area contributed by atoms with E-state index in [4.69, 9.17) is 5.11 Å². The van der Waals surface area contributed by atoms with E-state index in [9.17, 15) is 9.59 Å². The number of hydrogen-bond donors (Lipinski definition) is 1. The van der Waals surface area contributed by atoms with E-state index in [2.05, 4.69) is 0 Å². The zero-order valence-electron chi connectivity index (χ0n) is 7.47. The summed E-state index contributed by atoms with van der Waals surface area (Å²) in [6.45, 7) is 1.83. The number of halogens is 1. The highest BCUT2D eigenvalue weighted by Crippen LogP contribution is 2.40. The maximum atomic E-state index is 11.3. The van der Waals surface area contributed by atoms with Gasteiger partial charge in [0.05, 0.1) is 11.3 Å². The molecule has 0 aromatic rings. The summed E-state index contributed by atoms with van der Waals surface area (Å²) in [6.07, 6.45) is 1.59. The number of amides is 1. The van der Waals surface area contributed by atoms with Crippen LogP contribution in [-0.2, 0) is 9.59 Å². The number of β-lactam (4-membered cyclic amide) rings is 1. The normalized spacial score (nSPS) is 29.6. The maximum absolute atomic E-state index is 11.3. The van der Waals surface area contributed by atoms with Crippen LogP contribution in [0.1, 0.15) is 6.92 Å². The van der Waals surface area contributed by atoms with E-state index in [-0.39, 0.29) is 46.9 Å². The van der Waals surface area contributed by atoms with Crippen LogP contribution >= 0.6 is 35.7 Å². The fourth-order valence-electron chi connectivity index (χ4n) is 1.60. The van der Waals surface area contributed by atoms with E-state index in [0.717, 1.165) is 0 Å². The Hall–Kier alpha value is -0.240. The van der Waals surface area contributed by atoms with Crippen LogP contribution in [0.2, 0.25) is 0 Å². The monoisotopic (exact) mass is 327 g/mol. The summed E-state index contributed by atoms with van der Waals surface area (Å²) in [5.74, 6) is -0.440. The van der Waals surface area contributed by atoms with Gasteiger partial charge in [0.1, 0.15) is 5.70 Å². The van der Waals surface area contributed by atoms with E-state index < -0.39 is 5.97 Å². The van der Waals surface area contributed by atoms with E-state index in [0.29, 0.717) is 5.75 Å². The fourth-order valence-corrected chi connectivity index (χ4v) is 2.82. The van der Waals surface area contributed by atoms with E-state index in [1.54, 1.807) is 17.8 Å². The van der Waals surface area contributed by atoms with Crippen molar-refractivity contribution in [2.24, 2.45) is 5.92 Å². The van der Waals surface area contributed by atoms with Crippen LogP contribution < -0.4 is 0 Å². The molecule has 14 heavy (non-hydrogen) atoms. The standard InChI is InChI=1S/C8H9NO3S.HI/c1-4-6(10)9-5(8(11)12)2-3-13-7(4)9;/h2,4,7H,3H2,1H3,(H,11,12);1H/t4?,7-;/m0./s1. The number of aliphatic carboxylic acids is 1. The number of hydrogen-bond acceptors (Lipinski definition) is 3. The van der Waals surface area contributed by atoms with Gasteiger partial charge in [0.25, 0.3) is 0 Å². The number of thioether (sulfide) groups is 1. The zero-order chi connectivity index (χ0) is 9.59. The lowest BCUT2D eigenvalue weighted by atomic mass is 9.99. The quantitative estimate of drug-likeness (QED) is 0.579. The smallest absolute Gasteiger partial charge is 0.352 e. The molecule has 0 bridgehead atoms. The summed E-state index contributed by atoms with van der Waals surface area (Å²) < 4.78 is 0. The molecule has 0 spiro atoms. The Balaban J connectivity index is 0.000000980. The minimum atomic E-state index is -1.01. The van der Waals surface area contributed by atoms with Gasteiger partial charge < -0.3 is 5.11 Å². The van der Waals surface area contributed by atoms with Gasteiger partial charge in [-0.3, -0.25) is 9.69 Å². The molecule has 2 aliphatic rings. The van der Waals surface area contributed by atoms with Crippen molar-refractivity contribution in [2.75, 3.05) is 5.75 Å². The van der Waals surface area contributed by atoms with Gasteiger partial charge in [-0.05, 0) is 6.08 Å². The number of carboxylic acid groups (broad SMARTS) is 1. The molecule has 78 valence electrons. The van der Waals surface area contributed by atoms with Gasteiger partial charge in [-0.1, -0.05) is 6.92 Å². The Bertz CT molecular complexity index is 318. The number of fused-ring (bicyclic) bond motifs is 1. The predicted molar refractivity (Wildman–Crippen MR) is 63.4 cm³/mol. The van der Waals surface area contributed by atoms with Gasteiger partial charge >= 0.3 is 5.97 Å². The third kappa shape index (κ3) is 1.54. The van der Waals surface area contributed by atoms with Crippen LogP contribution in [0.25, 0.3) is 0 Å². The summed E-state index contributed by atoms with van der Waals surface area (Å²) in [5.41, 5.74) is 0.145. The molecule has 1 unspecified atom stereocenters. The first-order valence-corrected chi connectivity index (χ1v) is 5.06. The third-order valence-electron chi connectivity index (χ3n) is 2.33. The molecular formula is C8H10INO3S. The molecule has 1 fully saturated rings. The summed E-state index contributed by atoms with van der Waals surface area (Å²) in [6, 6.07) is 0. The van der Waals surface area contributed by atoms with Gasteiger partial charge in [0, 0.05) is 5.75 Å². The first-order valence-electron chi connectivity index (χ1n) is 4.01. The lowest BCUT2D eigenvalue weighted by Crippen LogP contribution is -2.59. The molecule has 1 N–H and O–H groups in total. The lowest BCUT2D eigenvalue weighted by molar-refractivity contribution is -0.151. The molecule has 2 atom stereocenters. The van der Waals surface area contributed by atoms with Gasteiger partial charge in [-0.2, -0.15) is 0 Å². The number of rotatable bonds is 1. The summed E-state index contributed by atoms with van der Waals surface area (Å²) in [5, 5.41) is 8.84. The van der Waals surface area contributed by atoms with Crippen LogP contribution in [0.5, 0.6) is 0 Å². The Morgan fingerprint density at radius 3 is 2.93 bits per heavy atom. The average molecular weight is 327 g/mol. The molecule has 2 rings (SSSR count). The molecule has 0 aromatic carbocycles. The molecule has 6 heteroatoms. The van der Waals surface area contributed by atoms with Crippen LogP contribution in [0.15, 0.2) is 11.8 Å². The van der Waals surface area contributed by atoms with E-state index in [1.165, 1.54) is 4.90 Å². The SMILES string of the molecule is CC1C(=O)N2C(C(=O)O)=CCS[C@@H]12.I. The fraction of sp³-hybridized carbons (Fsp3) is 0.500. The van der Waals surface area contributed by atoms with Crippen molar-refractivity contribution in [3.8, 4) is 0 Å². The molecule has 4 nitrogen and oxygen atoms in total. The van der Waals surface area contributed by atoms with Gasteiger partial charge in [-0.15, -0.1) is 35.7 Å². The highest BCUT2D eigenvalue weighted by atomic mass is 127. The molecule has 1 amide bonds. The molecule has 0 radical (unpaired) electrons. The average Bonchev–Trinajstić information content (AvgIpc) is 2.15. The lowest BCUT2D eigenvalue weighted by Gasteiger charge is -2.47. The second kappa shape index (κ2) is 4.09. The van der Waals surface area contributed by atoms with Gasteiger partial charge in [0.2, 0.25) is 5.91 Å². The van der Waals surface area contributed by atoms with Gasteiger partial charge in [0.15, 0.2) is 0 Å². The molecule has 2 heterocycles. The summed E-state index contributed by atoms with van der Waals surface area (Å²) in [7, 11) is 0. The van der Waals surface area contributed by atoms with Crippen molar-refractivity contribution in [3.63, 3.8) is 0 Å². The van der Waals surface area contributed by atoms with Gasteiger partial charge in [-0.25, -0.2) is 4.79 Å². The first-order chi connectivity index (χ1) is 6.13. The van der Waals surface area contributed by atoms with Crippen molar-refractivity contribution in [1.82, 2.24) is 4.90 Å². The Kier molecular flexibility index (Phi) is 3.46. The third-order valence-corrected chi connectivity index (χ3v) is 3.65. The first kappa shape index (κ1) is 11.8. The predicted octanol–water partition coefficient (Wildman–Crippen LogP) is 1.12. The topological polar surface area (TPSA) is 57.6 Å². The van der Waals surface area contributed by atoms with Crippen molar-refractivity contribution in [3.05, 3.63) is 11.8 Å². The highest BCUT2D eigenvalue weighted by molar-refractivity contribution is 14.0. The molecule has 2 aliphatic heterocycles. The molecule has 0 aromatic heterocycles. The second-order valence-electron chi connectivity index (χ2n) is 3.12. The molecule has 0 saturated carbocycles.